The van der Waals surface area contributed by atoms with Crippen LogP contribution in [0.3, 0.4) is 0 Å². The molecule has 2 atom stereocenters. The summed E-state index contributed by atoms with van der Waals surface area (Å²) in [5.74, 6) is -2.69. The van der Waals surface area contributed by atoms with Crippen LogP contribution in [0.15, 0.2) is 0 Å². The van der Waals surface area contributed by atoms with Gasteiger partial charge < -0.3 is 26.4 Å². The molecule has 7 heteroatoms. The SMILES string of the molecule is NCNC(=O)C(O)C(O)C(=O)O. The zero-order valence-corrected chi connectivity index (χ0v) is 6.10. The summed E-state index contributed by atoms with van der Waals surface area (Å²) in [5.41, 5.74) is 4.87. The molecule has 70 valence electrons. The second-order valence-corrected chi connectivity index (χ2v) is 1.97. The molecule has 0 aliphatic carbocycles. The highest BCUT2D eigenvalue weighted by molar-refractivity contribution is 5.87. The van der Waals surface area contributed by atoms with E-state index in [9.17, 15) is 9.59 Å². The van der Waals surface area contributed by atoms with Crippen molar-refractivity contribution in [2.75, 3.05) is 6.67 Å². The Morgan fingerprint density at radius 1 is 1.33 bits per heavy atom. The smallest absolute Gasteiger partial charge is 0.335 e. The molecule has 6 N–H and O–H groups in total. The van der Waals surface area contributed by atoms with Crippen molar-refractivity contribution >= 4 is 11.9 Å². The van der Waals surface area contributed by atoms with Crippen LogP contribution in [0.2, 0.25) is 0 Å². The molecule has 0 bridgehead atoms. The van der Waals surface area contributed by atoms with Crippen LogP contribution < -0.4 is 11.1 Å². The Kier molecular flexibility index (Phi) is 4.19. The molecule has 0 aliphatic rings. The molecule has 0 aliphatic heterocycles. The van der Waals surface area contributed by atoms with Gasteiger partial charge in [-0.1, -0.05) is 0 Å². The maximum absolute atomic E-state index is 10.6. The fourth-order valence-corrected chi connectivity index (χ4v) is 0.484. The van der Waals surface area contributed by atoms with Crippen molar-refractivity contribution in [2.24, 2.45) is 5.73 Å². The molecule has 12 heavy (non-hydrogen) atoms. The first-order chi connectivity index (χ1) is 5.50. The van der Waals surface area contributed by atoms with E-state index >= 15 is 0 Å². The van der Waals surface area contributed by atoms with Gasteiger partial charge in [-0.25, -0.2) is 4.79 Å². The maximum Gasteiger partial charge on any atom is 0.335 e. The molecule has 7 nitrogen and oxygen atoms in total. The number of carboxylic acids is 1. The van der Waals surface area contributed by atoms with Gasteiger partial charge in [0.15, 0.2) is 12.2 Å². The lowest BCUT2D eigenvalue weighted by Gasteiger charge is -2.12. The van der Waals surface area contributed by atoms with Crippen molar-refractivity contribution in [3.05, 3.63) is 0 Å². The van der Waals surface area contributed by atoms with Crippen LogP contribution >= 0.6 is 0 Å². The summed E-state index contributed by atoms with van der Waals surface area (Å²) < 4.78 is 0. The molecular formula is C5H10N2O5. The number of aliphatic hydroxyl groups excluding tert-OH is 2. The Morgan fingerprint density at radius 3 is 2.17 bits per heavy atom. The molecule has 0 rings (SSSR count). The molecule has 2 unspecified atom stereocenters. The van der Waals surface area contributed by atoms with Crippen molar-refractivity contribution in [1.82, 2.24) is 5.32 Å². The number of amides is 1. The molecule has 0 radical (unpaired) electrons. The van der Waals surface area contributed by atoms with Crippen molar-refractivity contribution in [2.45, 2.75) is 12.2 Å². The van der Waals surface area contributed by atoms with E-state index in [1.165, 1.54) is 0 Å². The van der Waals surface area contributed by atoms with Gasteiger partial charge in [0.1, 0.15) is 0 Å². The summed E-state index contributed by atoms with van der Waals surface area (Å²) in [4.78, 5) is 20.7. The molecule has 1 amide bonds. The Morgan fingerprint density at radius 2 is 1.83 bits per heavy atom. The summed E-state index contributed by atoms with van der Waals surface area (Å²) in [6, 6.07) is 0. The lowest BCUT2D eigenvalue weighted by Crippen LogP contribution is -2.47. The van der Waals surface area contributed by atoms with E-state index in [4.69, 9.17) is 21.1 Å². The molecule has 0 aromatic rings. The third-order valence-electron chi connectivity index (χ3n) is 1.10. The van der Waals surface area contributed by atoms with Crippen LogP contribution in [-0.2, 0) is 9.59 Å². The predicted molar refractivity (Wildman–Crippen MR) is 36.8 cm³/mol. The fraction of sp³-hybridized carbons (Fsp3) is 0.600. The Balaban J connectivity index is 4.09. The lowest BCUT2D eigenvalue weighted by molar-refractivity contribution is -0.158. The lowest BCUT2D eigenvalue weighted by atomic mass is 10.2. The number of carbonyl (C=O) groups excluding carboxylic acids is 1. The fourth-order valence-electron chi connectivity index (χ4n) is 0.484. The Labute approximate surface area is 67.8 Å². The zero-order chi connectivity index (χ0) is 9.72. The third-order valence-corrected chi connectivity index (χ3v) is 1.10. The van der Waals surface area contributed by atoms with Gasteiger partial charge in [0.25, 0.3) is 5.91 Å². The summed E-state index contributed by atoms with van der Waals surface area (Å²) >= 11 is 0. The molecule has 0 aromatic carbocycles. The number of carboxylic acid groups (broad SMARTS) is 1. The highest BCUT2D eigenvalue weighted by Crippen LogP contribution is 1.92. The third kappa shape index (κ3) is 2.82. The van der Waals surface area contributed by atoms with E-state index in [-0.39, 0.29) is 6.67 Å². The number of aliphatic carboxylic acids is 1. The molecule has 0 spiro atoms. The largest absolute Gasteiger partial charge is 0.479 e. The quantitative estimate of drug-likeness (QED) is 0.288. The average Bonchev–Trinajstić information content (AvgIpc) is 2.02. The molecular weight excluding hydrogens is 168 g/mol. The van der Waals surface area contributed by atoms with Gasteiger partial charge in [-0.05, 0) is 0 Å². The van der Waals surface area contributed by atoms with Crippen LogP contribution in [0.1, 0.15) is 0 Å². The minimum Gasteiger partial charge on any atom is -0.479 e. The van der Waals surface area contributed by atoms with Gasteiger partial charge in [-0.15, -0.1) is 0 Å². The first-order valence-electron chi connectivity index (χ1n) is 3.07. The second-order valence-electron chi connectivity index (χ2n) is 1.97. The maximum atomic E-state index is 10.6. The topological polar surface area (TPSA) is 133 Å². The van der Waals surface area contributed by atoms with Gasteiger partial charge >= 0.3 is 5.97 Å². The summed E-state index contributed by atoms with van der Waals surface area (Å²) in [7, 11) is 0. The molecule has 0 saturated heterocycles. The number of carbonyl (C=O) groups is 2. The first kappa shape index (κ1) is 10.8. The van der Waals surface area contributed by atoms with E-state index in [1.54, 1.807) is 0 Å². The van der Waals surface area contributed by atoms with E-state index < -0.39 is 24.1 Å². The van der Waals surface area contributed by atoms with Crippen LogP contribution in [0, 0.1) is 0 Å². The van der Waals surface area contributed by atoms with Crippen molar-refractivity contribution in [1.29, 1.82) is 0 Å². The molecule has 0 heterocycles. The number of aliphatic hydroxyl groups is 2. The van der Waals surface area contributed by atoms with Crippen molar-refractivity contribution in [3.8, 4) is 0 Å². The van der Waals surface area contributed by atoms with E-state index in [0.717, 1.165) is 0 Å². The summed E-state index contributed by atoms with van der Waals surface area (Å²) in [5, 5.41) is 27.5. The van der Waals surface area contributed by atoms with Crippen LogP contribution in [-0.4, -0.2) is 46.1 Å². The number of hydrogen-bond acceptors (Lipinski definition) is 5. The highest BCUT2D eigenvalue weighted by Gasteiger charge is 2.29. The molecule has 0 saturated carbocycles. The van der Waals surface area contributed by atoms with Crippen molar-refractivity contribution < 1.29 is 24.9 Å². The van der Waals surface area contributed by atoms with Crippen LogP contribution in [0.5, 0.6) is 0 Å². The number of hydrogen-bond donors (Lipinski definition) is 5. The molecule has 0 fully saturated rings. The summed E-state index contributed by atoms with van der Waals surface area (Å²) in [6.07, 6.45) is -4.12. The van der Waals surface area contributed by atoms with Gasteiger partial charge in [-0.2, -0.15) is 0 Å². The summed E-state index contributed by atoms with van der Waals surface area (Å²) in [6.45, 7) is -0.234. The van der Waals surface area contributed by atoms with Gasteiger partial charge in [0.2, 0.25) is 0 Å². The first-order valence-corrected chi connectivity index (χ1v) is 3.07. The Bertz CT molecular complexity index is 183. The predicted octanol–water partition coefficient (Wildman–Crippen LogP) is -3.17. The molecule has 0 aromatic heterocycles. The monoisotopic (exact) mass is 178 g/mol. The zero-order valence-electron chi connectivity index (χ0n) is 6.10. The standard InChI is InChI=1S/C5H10N2O5/c6-1-7-4(10)2(8)3(9)5(11)12/h2-3,8-9H,1,6H2,(H,7,10)(H,11,12). The number of rotatable bonds is 4. The number of nitrogens with two attached hydrogens (primary N) is 1. The van der Waals surface area contributed by atoms with Gasteiger partial charge in [0.05, 0.1) is 6.67 Å². The van der Waals surface area contributed by atoms with E-state index in [1.807, 2.05) is 5.32 Å². The highest BCUT2D eigenvalue weighted by atomic mass is 16.4. The van der Waals surface area contributed by atoms with Crippen LogP contribution in [0.25, 0.3) is 0 Å². The second kappa shape index (κ2) is 4.65. The van der Waals surface area contributed by atoms with E-state index in [2.05, 4.69) is 0 Å². The Hall–Kier alpha value is -1.18. The minimum absolute atomic E-state index is 0.234. The number of nitrogens with one attached hydrogen (secondary N) is 1. The average molecular weight is 178 g/mol. The minimum atomic E-state index is -2.13. The van der Waals surface area contributed by atoms with Crippen LogP contribution in [0.4, 0.5) is 0 Å². The van der Waals surface area contributed by atoms with Gasteiger partial charge in [-0.3, -0.25) is 4.79 Å². The van der Waals surface area contributed by atoms with E-state index in [0.29, 0.717) is 0 Å². The van der Waals surface area contributed by atoms with Gasteiger partial charge in [0, 0.05) is 0 Å². The normalized spacial score (nSPS) is 14.9. The van der Waals surface area contributed by atoms with Crippen molar-refractivity contribution in [3.63, 3.8) is 0 Å².